The van der Waals surface area contributed by atoms with Crippen LogP contribution < -0.4 is 0 Å². The minimum Gasteiger partial charge on any atom is -0.481 e. The molecule has 0 radical (unpaired) electrons. The van der Waals surface area contributed by atoms with Crippen molar-refractivity contribution in [1.29, 1.82) is 0 Å². The van der Waals surface area contributed by atoms with Crippen LogP contribution in [0.5, 0.6) is 0 Å². The number of rotatable bonds is 7. The Labute approximate surface area is 166 Å². The Balaban J connectivity index is 3.04. The van der Waals surface area contributed by atoms with Gasteiger partial charge in [0.1, 0.15) is 0 Å². The van der Waals surface area contributed by atoms with Gasteiger partial charge in [-0.25, -0.2) is 0 Å². The molecule has 1 heterocycles. The number of carboxylic acid groups (broad SMARTS) is 1. The van der Waals surface area contributed by atoms with E-state index in [1.165, 1.54) is 0 Å². The molecule has 0 spiro atoms. The van der Waals surface area contributed by atoms with Crippen LogP contribution in [0.3, 0.4) is 0 Å². The van der Waals surface area contributed by atoms with Crippen LogP contribution in [0, 0.1) is 11.8 Å². The third kappa shape index (κ3) is 6.41. The Morgan fingerprint density at radius 2 is 1.85 bits per heavy atom. The zero-order valence-corrected chi connectivity index (χ0v) is 19.8. The van der Waals surface area contributed by atoms with Gasteiger partial charge in [-0.3, -0.25) is 4.79 Å². The van der Waals surface area contributed by atoms with Gasteiger partial charge in [-0.2, -0.15) is 0 Å². The molecule has 0 saturated carbocycles. The average Bonchev–Trinajstić information content (AvgIpc) is 2.48. The predicted octanol–water partition coefficient (Wildman–Crippen LogP) is 5.22. The molecule has 1 N–H and O–H groups in total. The number of carbonyl (C=O) groups is 1. The predicted molar refractivity (Wildman–Crippen MR) is 111 cm³/mol. The first kappa shape index (κ1) is 24.3. The van der Waals surface area contributed by atoms with Crippen molar-refractivity contribution in [3.8, 4) is 0 Å². The maximum absolute atomic E-state index is 11.5. The van der Waals surface area contributed by atoms with Gasteiger partial charge in [0.05, 0.1) is 24.2 Å². The topological polar surface area (TPSA) is 65.0 Å². The first-order valence-electron chi connectivity index (χ1n) is 10.0. The largest absolute Gasteiger partial charge is 0.481 e. The SMILES string of the molecule is C/C=C/[C@@H](C[C@H]1OC(C)(C)O[C@@H]([C@H](C)C(=O)O)[C@@H]1C)O[Si](C)(C)C(C)(C)C. The lowest BCUT2D eigenvalue weighted by atomic mass is 9.85. The molecule has 1 aliphatic rings. The van der Waals surface area contributed by atoms with Crippen LogP contribution >= 0.6 is 0 Å². The van der Waals surface area contributed by atoms with Gasteiger partial charge >= 0.3 is 5.97 Å². The maximum Gasteiger partial charge on any atom is 0.308 e. The van der Waals surface area contributed by atoms with Gasteiger partial charge in [0.15, 0.2) is 14.1 Å². The molecule has 0 amide bonds. The smallest absolute Gasteiger partial charge is 0.308 e. The molecule has 1 aliphatic heterocycles. The highest BCUT2D eigenvalue weighted by Gasteiger charge is 2.46. The van der Waals surface area contributed by atoms with E-state index in [1.807, 2.05) is 33.8 Å². The summed E-state index contributed by atoms with van der Waals surface area (Å²) >= 11 is 0. The molecule has 0 aromatic rings. The molecule has 0 unspecified atom stereocenters. The van der Waals surface area contributed by atoms with Crippen LogP contribution in [0.25, 0.3) is 0 Å². The van der Waals surface area contributed by atoms with Crippen LogP contribution in [0.15, 0.2) is 12.2 Å². The van der Waals surface area contributed by atoms with Crippen molar-refractivity contribution >= 4 is 14.3 Å². The molecular weight excluding hydrogens is 360 g/mol. The summed E-state index contributed by atoms with van der Waals surface area (Å²) in [5.74, 6) is -2.29. The van der Waals surface area contributed by atoms with E-state index in [0.717, 1.165) is 0 Å². The van der Waals surface area contributed by atoms with Crippen molar-refractivity contribution in [3.05, 3.63) is 12.2 Å². The van der Waals surface area contributed by atoms with E-state index in [-0.39, 0.29) is 23.2 Å². The van der Waals surface area contributed by atoms with Crippen molar-refractivity contribution in [2.45, 2.75) is 104 Å². The number of aliphatic carboxylic acids is 1. The molecule has 1 rings (SSSR count). The summed E-state index contributed by atoms with van der Waals surface area (Å²) in [5, 5.41) is 9.59. The monoisotopic (exact) mass is 400 g/mol. The molecule has 158 valence electrons. The summed E-state index contributed by atoms with van der Waals surface area (Å²) in [6.45, 7) is 20.6. The lowest BCUT2D eigenvalue weighted by Crippen LogP contribution is -2.54. The Hall–Kier alpha value is -0.693. The van der Waals surface area contributed by atoms with Gasteiger partial charge in [-0.05, 0) is 45.8 Å². The quantitative estimate of drug-likeness (QED) is 0.469. The van der Waals surface area contributed by atoms with Gasteiger partial charge in [0.25, 0.3) is 0 Å². The fourth-order valence-corrected chi connectivity index (χ4v) is 4.56. The number of allylic oxidation sites excluding steroid dienone is 1. The fraction of sp³-hybridized carbons (Fsp3) is 0.857. The third-order valence-electron chi connectivity index (χ3n) is 5.97. The van der Waals surface area contributed by atoms with Crippen molar-refractivity contribution in [2.75, 3.05) is 0 Å². The molecule has 5 nitrogen and oxygen atoms in total. The minimum atomic E-state index is -1.94. The summed E-state index contributed by atoms with van der Waals surface area (Å²) in [6, 6.07) is 0. The number of ether oxygens (including phenoxy) is 2. The molecule has 6 heteroatoms. The zero-order valence-electron chi connectivity index (χ0n) is 18.8. The Morgan fingerprint density at radius 3 is 2.30 bits per heavy atom. The van der Waals surface area contributed by atoms with Crippen molar-refractivity contribution in [3.63, 3.8) is 0 Å². The lowest BCUT2D eigenvalue weighted by molar-refractivity contribution is -0.327. The average molecular weight is 401 g/mol. The van der Waals surface area contributed by atoms with E-state index in [1.54, 1.807) is 6.92 Å². The number of hydrogen-bond donors (Lipinski definition) is 1. The summed E-state index contributed by atoms with van der Waals surface area (Å²) in [6.07, 6.45) is 4.21. The van der Waals surface area contributed by atoms with Gasteiger partial charge in [-0.15, -0.1) is 0 Å². The van der Waals surface area contributed by atoms with E-state index >= 15 is 0 Å². The van der Waals surface area contributed by atoms with E-state index in [9.17, 15) is 9.90 Å². The van der Waals surface area contributed by atoms with Gasteiger partial charge < -0.3 is 19.0 Å². The molecule has 27 heavy (non-hydrogen) atoms. The Kier molecular flexibility index (Phi) is 7.90. The molecule has 0 aliphatic carbocycles. The summed E-state index contributed by atoms with van der Waals surface area (Å²) in [7, 11) is -1.94. The zero-order chi connectivity index (χ0) is 21.2. The van der Waals surface area contributed by atoms with Gasteiger partial charge in [-0.1, -0.05) is 39.8 Å². The summed E-state index contributed by atoms with van der Waals surface area (Å²) in [5.41, 5.74) is 0. The van der Waals surface area contributed by atoms with E-state index in [2.05, 4.69) is 39.9 Å². The van der Waals surface area contributed by atoms with E-state index in [4.69, 9.17) is 13.9 Å². The molecule has 0 bridgehead atoms. The highest BCUT2D eigenvalue weighted by Crippen LogP contribution is 2.40. The first-order chi connectivity index (χ1) is 12.1. The van der Waals surface area contributed by atoms with Crippen LogP contribution in [0.4, 0.5) is 0 Å². The minimum absolute atomic E-state index is 0.0418. The molecule has 1 saturated heterocycles. The Bertz CT molecular complexity index is 535. The molecule has 5 atom stereocenters. The van der Waals surface area contributed by atoms with Crippen molar-refractivity contribution < 1.29 is 23.8 Å². The van der Waals surface area contributed by atoms with Gasteiger partial charge in [0.2, 0.25) is 0 Å². The maximum atomic E-state index is 11.5. The number of hydrogen-bond acceptors (Lipinski definition) is 4. The fourth-order valence-electron chi connectivity index (χ4n) is 3.27. The molecule has 0 aromatic carbocycles. The van der Waals surface area contributed by atoms with Gasteiger partial charge in [0, 0.05) is 12.3 Å². The highest BCUT2D eigenvalue weighted by atomic mass is 28.4. The summed E-state index contributed by atoms with van der Waals surface area (Å²) < 4.78 is 18.8. The second-order valence-corrected chi connectivity index (χ2v) is 14.6. The van der Waals surface area contributed by atoms with Crippen LogP contribution in [-0.2, 0) is 18.7 Å². The van der Waals surface area contributed by atoms with E-state index < -0.39 is 32.1 Å². The number of carboxylic acids is 1. The van der Waals surface area contributed by atoms with Crippen LogP contribution in [-0.4, -0.2) is 43.5 Å². The standard InChI is InChI=1S/C21H40O5Si/c1-11-12-16(26-27(9,10)20(4,5)6)13-17-14(2)18(15(3)19(22)23)25-21(7,8)24-17/h11-12,14-18H,13H2,1-10H3,(H,22,23)/b12-11+/t14-,15+,16+,17-,18-/m1/s1. The Morgan fingerprint density at radius 1 is 1.30 bits per heavy atom. The first-order valence-corrected chi connectivity index (χ1v) is 12.9. The normalized spacial score (nSPS) is 28.9. The molecular formula is C21H40O5Si. The second-order valence-electron chi connectivity index (χ2n) is 9.80. The second kappa shape index (κ2) is 8.76. The van der Waals surface area contributed by atoms with Crippen molar-refractivity contribution in [2.24, 2.45) is 11.8 Å². The lowest BCUT2D eigenvalue weighted by Gasteiger charge is -2.47. The highest BCUT2D eigenvalue weighted by molar-refractivity contribution is 6.74. The van der Waals surface area contributed by atoms with Crippen molar-refractivity contribution in [1.82, 2.24) is 0 Å². The molecule has 0 aromatic heterocycles. The summed E-state index contributed by atoms with van der Waals surface area (Å²) in [4.78, 5) is 11.5. The van der Waals surface area contributed by atoms with Crippen LogP contribution in [0.1, 0.15) is 61.8 Å². The van der Waals surface area contributed by atoms with E-state index in [0.29, 0.717) is 6.42 Å². The van der Waals surface area contributed by atoms with Crippen LogP contribution in [0.2, 0.25) is 18.1 Å². The third-order valence-corrected chi connectivity index (χ3v) is 10.5. The molecule has 1 fully saturated rings.